The number of hydrogen-bond donors (Lipinski definition) is 1. The maximum Gasteiger partial charge on any atom is 0.338 e. The lowest BCUT2D eigenvalue weighted by Gasteiger charge is -2.38. The summed E-state index contributed by atoms with van der Waals surface area (Å²) in [6, 6.07) is 11.7. The Morgan fingerprint density at radius 1 is 1.06 bits per heavy atom. The number of ether oxygens (including phenoxy) is 1. The number of ketones is 1. The van der Waals surface area contributed by atoms with E-state index >= 15 is 0 Å². The predicted molar refractivity (Wildman–Crippen MR) is 194 cm³/mol. The smallest absolute Gasteiger partial charge is 0.338 e. The second-order valence-corrected chi connectivity index (χ2v) is 14.7. The molecule has 14 heteroatoms. The molecule has 0 aliphatic carbocycles. The Hall–Kier alpha value is -4.14. The number of amidine groups is 1. The quantitative estimate of drug-likeness (QED) is 0.290. The van der Waals surface area contributed by atoms with E-state index < -0.39 is 17.8 Å². The molecule has 2 aromatic carbocycles. The fourth-order valence-corrected chi connectivity index (χ4v) is 8.46. The summed E-state index contributed by atoms with van der Waals surface area (Å²) in [5, 5.41) is 5.93. The van der Waals surface area contributed by atoms with E-state index in [1.165, 1.54) is 23.5 Å². The summed E-state index contributed by atoms with van der Waals surface area (Å²) in [4.78, 5) is 56.7. The number of carbonyl (C=O) groups is 3. The first-order valence-corrected chi connectivity index (χ1v) is 18.6. The Balaban J connectivity index is 1.10. The van der Waals surface area contributed by atoms with Crippen molar-refractivity contribution in [3.05, 3.63) is 86.2 Å². The molecule has 1 aromatic heterocycles. The Kier molecular flexibility index (Phi) is 10.0. The van der Waals surface area contributed by atoms with E-state index in [0.717, 1.165) is 37.3 Å². The zero-order valence-electron chi connectivity index (χ0n) is 28.0. The molecule has 4 aliphatic rings. The van der Waals surface area contributed by atoms with Crippen LogP contribution in [0.3, 0.4) is 0 Å². The van der Waals surface area contributed by atoms with Crippen LogP contribution in [-0.2, 0) is 14.3 Å². The number of urea groups is 1. The zero-order chi connectivity index (χ0) is 34.9. The number of thiazole rings is 1. The van der Waals surface area contributed by atoms with Crippen molar-refractivity contribution in [1.29, 1.82) is 0 Å². The van der Waals surface area contributed by atoms with Gasteiger partial charge in [0.05, 0.1) is 18.2 Å². The Morgan fingerprint density at radius 3 is 2.50 bits per heavy atom. The van der Waals surface area contributed by atoms with Crippen molar-refractivity contribution in [3.63, 3.8) is 0 Å². The highest BCUT2D eigenvalue weighted by molar-refractivity contribution is 9.10. The van der Waals surface area contributed by atoms with Crippen molar-refractivity contribution >= 4 is 62.3 Å². The number of carbonyl (C=O) groups excluding carboxylic acids is 3. The SMILES string of the molecule is CCOC(=O)C1=C(CN2CCN3C(=O)N(c4ccc(N5CCC(C(C)=O)CC5)cc4)C[C@@H]3C2)NC(c2nccs2)=N[C@H]1c1ccc(F)cc1Br. The number of piperidine rings is 1. The first-order chi connectivity index (χ1) is 24.2. The number of anilines is 2. The van der Waals surface area contributed by atoms with Crippen LogP contribution in [-0.4, -0.2) is 96.9 Å². The second kappa shape index (κ2) is 14.6. The molecule has 7 rings (SSSR count). The molecular formula is C36H39BrFN7O4S. The predicted octanol–water partition coefficient (Wildman–Crippen LogP) is 5.38. The molecule has 1 N–H and O–H groups in total. The van der Waals surface area contributed by atoms with E-state index in [0.29, 0.717) is 64.9 Å². The number of benzene rings is 2. The Bertz CT molecular complexity index is 1830. The number of nitrogens with zero attached hydrogens (tertiary/aromatic N) is 6. The van der Waals surface area contributed by atoms with Crippen molar-refractivity contribution in [2.75, 3.05) is 62.2 Å². The first-order valence-electron chi connectivity index (χ1n) is 17.0. The highest BCUT2D eigenvalue weighted by atomic mass is 79.9. The zero-order valence-corrected chi connectivity index (χ0v) is 30.4. The van der Waals surface area contributed by atoms with Crippen LogP contribution >= 0.6 is 27.3 Å². The summed E-state index contributed by atoms with van der Waals surface area (Å²) in [5.74, 6) is 0.0477. The van der Waals surface area contributed by atoms with E-state index in [1.807, 2.05) is 27.3 Å². The molecule has 0 saturated carbocycles. The molecule has 262 valence electrons. The van der Waals surface area contributed by atoms with Gasteiger partial charge >= 0.3 is 12.0 Å². The van der Waals surface area contributed by atoms with Gasteiger partial charge in [-0.05, 0) is 68.7 Å². The van der Waals surface area contributed by atoms with E-state index in [1.54, 1.807) is 26.1 Å². The number of nitrogens with one attached hydrogen (secondary N) is 1. The highest BCUT2D eigenvalue weighted by Crippen LogP contribution is 2.38. The number of hydrogen-bond acceptors (Lipinski definition) is 10. The topological polar surface area (TPSA) is 111 Å². The molecule has 5 heterocycles. The highest BCUT2D eigenvalue weighted by Gasteiger charge is 2.42. The molecule has 3 aromatic rings. The lowest BCUT2D eigenvalue weighted by molar-refractivity contribution is -0.139. The van der Waals surface area contributed by atoms with Crippen molar-refractivity contribution in [3.8, 4) is 0 Å². The van der Waals surface area contributed by atoms with Crippen LogP contribution in [0.4, 0.5) is 20.6 Å². The summed E-state index contributed by atoms with van der Waals surface area (Å²) in [6.45, 7) is 8.03. The van der Waals surface area contributed by atoms with Crippen LogP contribution in [0, 0.1) is 11.7 Å². The normalized spacial score (nSPS) is 21.6. The number of amides is 2. The van der Waals surface area contributed by atoms with E-state index in [9.17, 15) is 18.8 Å². The van der Waals surface area contributed by atoms with Crippen molar-refractivity contribution in [2.24, 2.45) is 10.9 Å². The van der Waals surface area contributed by atoms with Crippen molar-refractivity contribution in [2.45, 2.75) is 38.8 Å². The average Bonchev–Trinajstić information content (AvgIpc) is 3.77. The van der Waals surface area contributed by atoms with Crippen LogP contribution < -0.4 is 15.1 Å². The van der Waals surface area contributed by atoms with Crippen LogP contribution in [0.25, 0.3) is 0 Å². The van der Waals surface area contributed by atoms with Crippen LogP contribution in [0.2, 0.25) is 0 Å². The number of aliphatic imine (C=N–C) groups is 1. The molecule has 0 unspecified atom stereocenters. The molecule has 0 radical (unpaired) electrons. The van der Waals surface area contributed by atoms with Gasteiger partial charge in [-0.3, -0.25) is 19.6 Å². The van der Waals surface area contributed by atoms with Gasteiger partial charge in [0.15, 0.2) is 10.8 Å². The van der Waals surface area contributed by atoms with Gasteiger partial charge in [-0.15, -0.1) is 11.3 Å². The molecule has 50 heavy (non-hydrogen) atoms. The fraction of sp³-hybridized carbons (Fsp3) is 0.417. The molecule has 4 aliphatic heterocycles. The third kappa shape index (κ3) is 6.93. The maximum absolute atomic E-state index is 14.1. The summed E-state index contributed by atoms with van der Waals surface area (Å²) in [7, 11) is 0. The maximum atomic E-state index is 14.1. The van der Waals surface area contributed by atoms with Gasteiger partial charge in [0.2, 0.25) is 0 Å². The van der Waals surface area contributed by atoms with E-state index in [-0.39, 0.29) is 30.4 Å². The summed E-state index contributed by atoms with van der Waals surface area (Å²) in [6.07, 6.45) is 3.43. The second-order valence-electron chi connectivity index (χ2n) is 13.0. The molecule has 0 bridgehead atoms. The third-order valence-corrected chi connectivity index (χ3v) is 11.4. The van der Waals surface area contributed by atoms with Gasteiger partial charge in [-0.2, -0.15) is 0 Å². The van der Waals surface area contributed by atoms with Crippen molar-refractivity contribution in [1.82, 2.24) is 20.1 Å². The number of halogens is 2. The van der Waals surface area contributed by atoms with Crippen molar-refractivity contribution < 1.29 is 23.5 Å². The van der Waals surface area contributed by atoms with Crippen LogP contribution in [0.5, 0.6) is 0 Å². The number of piperazine rings is 1. The number of rotatable bonds is 9. The number of aromatic nitrogens is 1. The third-order valence-electron chi connectivity index (χ3n) is 9.93. The minimum absolute atomic E-state index is 0.00805. The average molecular weight is 765 g/mol. The molecule has 0 spiro atoms. The van der Waals surface area contributed by atoms with Crippen LogP contribution in [0.1, 0.15) is 43.3 Å². The summed E-state index contributed by atoms with van der Waals surface area (Å²) in [5.41, 5.74) is 3.59. The Labute approximate surface area is 302 Å². The molecule has 2 amide bonds. The molecule has 3 fully saturated rings. The monoisotopic (exact) mass is 763 g/mol. The van der Waals surface area contributed by atoms with Gasteiger partial charge in [0.1, 0.15) is 17.6 Å². The molecular weight excluding hydrogens is 725 g/mol. The number of fused-ring (bicyclic) bond motifs is 1. The number of esters is 1. The minimum Gasteiger partial charge on any atom is -0.463 e. The lowest BCUT2D eigenvalue weighted by atomic mass is 9.93. The van der Waals surface area contributed by atoms with Gasteiger partial charge < -0.3 is 19.9 Å². The fourth-order valence-electron chi connectivity index (χ4n) is 7.31. The van der Waals surface area contributed by atoms with Gasteiger partial charge in [0, 0.05) is 84.9 Å². The van der Waals surface area contributed by atoms with Gasteiger partial charge in [0.25, 0.3) is 0 Å². The Morgan fingerprint density at radius 2 is 1.82 bits per heavy atom. The van der Waals surface area contributed by atoms with E-state index in [2.05, 4.69) is 48.2 Å². The molecule has 2 atom stereocenters. The number of Topliss-reactive ketones (excluding diaryl/α,β-unsaturated/α-hetero) is 1. The minimum atomic E-state index is -0.757. The molecule has 3 saturated heterocycles. The largest absolute Gasteiger partial charge is 0.463 e. The van der Waals surface area contributed by atoms with Crippen LogP contribution in [0.15, 0.2) is 74.8 Å². The standard InChI is InChI=1S/C36H39BrFN7O4S/c1-3-49-35(47)31-30(40-33(34-39-12-17-50-34)41-32(31)28-9-4-24(38)18-29(28)37)21-42-15-16-44-27(19-42)20-45(36(44)48)26-7-5-25(6-8-26)43-13-10-23(11-14-43)22(2)46/h4-9,12,17-18,23,27,32H,3,10-11,13-16,19-21H2,1-2H3,(H,40,41)/t27-,32-/m0/s1. The first kappa shape index (κ1) is 34.3. The van der Waals surface area contributed by atoms with Gasteiger partial charge in [-0.25, -0.2) is 19.0 Å². The molecule has 11 nitrogen and oxygen atoms in total. The summed E-state index contributed by atoms with van der Waals surface area (Å²) >= 11 is 4.92. The van der Waals surface area contributed by atoms with E-state index in [4.69, 9.17) is 9.73 Å². The van der Waals surface area contributed by atoms with Gasteiger partial charge in [-0.1, -0.05) is 22.0 Å². The lowest BCUT2D eigenvalue weighted by Crippen LogP contribution is -2.53. The summed E-state index contributed by atoms with van der Waals surface area (Å²) < 4.78 is 20.2.